The predicted molar refractivity (Wildman–Crippen MR) is 80.0 cm³/mol. The summed E-state index contributed by atoms with van der Waals surface area (Å²) in [6, 6.07) is 9.20. The number of hydrogen-bond donors (Lipinski definition) is 1. The minimum atomic E-state index is -1.68. The molecule has 0 aliphatic heterocycles. The van der Waals surface area contributed by atoms with Gasteiger partial charge in [-0.15, -0.1) is 0 Å². The van der Waals surface area contributed by atoms with E-state index in [0.29, 0.717) is 0 Å². The summed E-state index contributed by atoms with van der Waals surface area (Å²) < 4.78 is -1.68. The molecule has 100 valence electrons. The summed E-state index contributed by atoms with van der Waals surface area (Å²) in [5, 5.41) is 1.68. The number of hydrogen-bond acceptors (Lipinski definition) is 2. The van der Waals surface area contributed by atoms with Crippen molar-refractivity contribution in [3.63, 3.8) is 0 Å². The lowest BCUT2D eigenvalue weighted by Crippen LogP contribution is -2.43. The zero-order chi connectivity index (χ0) is 13.8. The first-order valence-electron chi connectivity index (χ1n) is 4.67. The fraction of sp³-hybridized carbons (Fsp3) is 0.300. The van der Waals surface area contributed by atoms with Gasteiger partial charge in [-0.1, -0.05) is 88.0 Å². The Hall–Kier alpha value is 0.490. The van der Waals surface area contributed by atoms with E-state index in [9.17, 15) is 4.79 Å². The molecule has 18 heavy (non-hydrogen) atoms. The van der Waals surface area contributed by atoms with Crippen LogP contribution in [0.25, 0.3) is 0 Å². The lowest BCUT2D eigenvalue weighted by atomic mass is 10.4. The summed E-state index contributed by atoms with van der Waals surface area (Å²) in [6.07, 6.45) is 0. The second-order valence-electron chi connectivity index (χ2n) is 3.16. The van der Waals surface area contributed by atoms with Crippen LogP contribution in [0.15, 0.2) is 35.2 Å². The number of thioether (sulfide) groups is 1. The Labute approximate surface area is 134 Å². The first-order valence-corrected chi connectivity index (χ1v) is 7.56. The lowest BCUT2D eigenvalue weighted by Gasteiger charge is -2.25. The average molecular weight is 368 g/mol. The number of halogens is 5. The Balaban J connectivity index is 2.77. The summed E-state index contributed by atoms with van der Waals surface area (Å²) in [5.41, 5.74) is 0. The van der Waals surface area contributed by atoms with E-state index in [4.69, 9.17) is 58.0 Å². The van der Waals surface area contributed by atoms with Crippen LogP contribution >= 0.6 is 69.8 Å². The molecule has 0 aromatic heterocycles. The number of carbonyl (C=O) groups excluding carboxylic acids is 1. The summed E-state index contributed by atoms with van der Waals surface area (Å²) >= 11 is 29.5. The van der Waals surface area contributed by atoms with E-state index in [0.717, 1.165) is 4.90 Å². The number of alkyl halides is 5. The second kappa shape index (κ2) is 7.32. The highest BCUT2D eigenvalue weighted by atomic mass is 35.6. The van der Waals surface area contributed by atoms with Gasteiger partial charge in [-0.2, -0.15) is 0 Å². The molecular formula is C10H8Cl5NOS. The fourth-order valence-corrected chi connectivity index (χ4v) is 2.59. The van der Waals surface area contributed by atoms with Crippen LogP contribution in [0.2, 0.25) is 0 Å². The van der Waals surface area contributed by atoms with Crippen molar-refractivity contribution >= 4 is 75.7 Å². The van der Waals surface area contributed by atoms with Crippen LogP contribution in [0, 0.1) is 0 Å². The van der Waals surface area contributed by atoms with Crippen molar-refractivity contribution < 1.29 is 4.79 Å². The summed E-state index contributed by atoms with van der Waals surface area (Å²) in [4.78, 5) is 11.1. The van der Waals surface area contributed by atoms with Crippen molar-refractivity contribution in [1.82, 2.24) is 5.32 Å². The fourth-order valence-electron chi connectivity index (χ4n) is 1.01. The summed E-state index contributed by atoms with van der Waals surface area (Å²) in [7, 11) is 0. The van der Waals surface area contributed by atoms with Crippen molar-refractivity contribution in [3.05, 3.63) is 30.3 Å². The van der Waals surface area contributed by atoms with Crippen molar-refractivity contribution in [2.75, 3.05) is 0 Å². The number of rotatable bonds is 4. The molecule has 0 fully saturated rings. The van der Waals surface area contributed by atoms with Crippen LogP contribution in [0.4, 0.5) is 0 Å². The van der Waals surface area contributed by atoms with E-state index in [-0.39, 0.29) is 0 Å². The molecule has 0 heterocycles. The van der Waals surface area contributed by atoms with Crippen molar-refractivity contribution in [1.29, 1.82) is 0 Å². The molecule has 1 rings (SSSR count). The van der Waals surface area contributed by atoms with E-state index in [1.165, 1.54) is 11.8 Å². The summed E-state index contributed by atoms with van der Waals surface area (Å²) in [5.74, 6) is -0.613. The van der Waals surface area contributed by atoms with Gasteiger partial charge < -0.3 is 5.32 Å². The number of carbonyl (C=O) groups is 1. The largest absolute Gasteiger partial charge is 0.337 e. The molecule has 0 saturated carbocycles. The monoisotopic (exact) mass is 365 g/mol. The van der Waals surface area contributed by atoms with Gasteiger partial charge in [0.15, 0.2) is 4.84 Å². The highest BCUT2D eigenvalue weighted by molar-refractivity contribution is 8.00. The van der Waals surface area contributed by atoms with E-state index < -0.39 is 19.9 Å². The molecule has 0 aliphatic rings. The maximum absolute atomic E-state index is 11.4. The van der Waals surface area contributed by atoms with E-state index >= 15 is 0 Å². The van der Waals surface area contributed by atoms with Gasteiger partial charge in [0, 0.05) is 4.90 Å². The predicted octanol–water partition coefficient (Wildman–Crippen LogP) is 4.39. The molecule has 0 saturated heterocycles. The van der Waals surface area contributed by atoms with E-state index in [1.54, 1.807) is 0 Å². The van der Waals surface area contributed by atoms with Crippen molar-refractivity contribution in [3.8, 4) is 0 Å². The molecule has 2 nitrogen and oxygen atoms in total. The molecule has 0 aliphatic carbocycles. The Morgan fingerprint density at radius 3 is 2.17 bits per heavy atom. The second-order valence-corrected chi connectivity index (χ2v) is 7.81. The Bertz CT molecular complexity index is 395. The highest BCUT2D eigenvalue weighted by Crippen LogP contribution is 2.39. The normalized spacial score (nSPS) is 13.4. The zero-order valence-corrected chi connectivity index (χ0v) is 13.3. The van der Waals surface area contributed by atoms with Crippen LogP contribution in [0.5, 0.6) is 0 Å². The number of benzene rings is 1. The Morgan fingerprint density at radius 1 is 1.17 bits per heavy atom. The zero-order valence-electron chi connectivity index (χ0n) is 8.75. The molecular weight excluding hydrogens is 359 g/mol. The van der Waals surface area contributed by atoms with Gasteiger partial charge in [0.1, 0.15) is 5.37 Å². The topological polar surface area (TPSA) is 29.1 Å². The highest BCUT2D eigenvalue weighted by Gasteiger charge is 2.35. The maximum Gasteiger partial charge on any atom is 0.254 e. The van der Waals surface area contributed by atoms with Crippen LogP contribution in [0.1, 0.15) is 0 Å². The van der Waals surface area contributed by atoms with Crippen LogP contribution in [0.3, 0.4) is 0 Å². The molecule has 0 bridgehead atoms. The van der Waals surface area contributed by atoms with E-state index in [1.807, 2.05) is 30.3 Å². The SMILES string of the molecule is O=C(N[C@H](Sc1ccccc1)C(Cl)(Cl)Cl)C(Cl)Cl. The minimum Gasteiger partial charge on any atom is -0.337 e. The van der Waals surface area contributed by atoms with Crippen molar-refractivity contribution in [2.24, 2.45) is 0 Å². The van der Waals surface area contributed by atoms with Gasteiger partial charge in [0.2, 0.25) is 3.79 Å². The smallest absolute Gasteiger partial charge is 0.254 e. The Kier molecular flexibility index (Phi) is 6.73. The molecule has 1 N–H and O–H groups in total. The molecule has 0 radical (unpaired) electrons. The van der Waals surface area contributed by atoms with Gasteiger partial charge in [0.25, 0.3) is 5.91 Å². The van der Waals surface area contributed by atoms with E-state index in [2.05, 4.69) is 5.32 Å². The van der Waals surface area contributed by atoms with Gasteiger partial charge in [-0.25, -0.2) is 0 Å². The summed E-state index contributed by atoms with van der Waals surface area (Å²) in [6.45, 7) is 0. The molecule has 1 amide bonds. The third-order valence-electron chi connectivity index (χ3n) is 1.77. The van der Waals surface area contributed by atoms with Gasteiger partial charge in [-0.3, -0.25) is 4.79 Å². The molecule has 1 atom stereocenters. The molecule has 1 aromatic carbocycles. The Morgan fingerprint density at radius 2 is 1.72 bits per heavy atom. The molecule has 0 spiro atoms. The minimum absolute atomic E-state index is 0.613. The van der Waals surface area contributed by atoms with Gasteiger partial charge in [-0.05, 0) is 12.1 Å². The average Bonchev–Trinajstić information content (AvgIpc) is 2.28. The van der Waals surface area contributed by atoms with Crippen LogP contribution in [-0.2, 0) is 4.79 Å². The molecule has 1 aromatic rings. The maximum atomic E-state index is 11.4. The lowest BCUT2D eigenvalue weighted by molar-refractivity contribution is -0.119. The molecule has 0 unspecified atom stereocenters. The van der Waals surface area contributed by atoms with Gasteiger partial charge >= 0.3 is 0 Å². The van der Waals surface area contributed by atoms with Crippen LogP contribution in [-0.4, -0.2) is 19.9 Å². The third-order valence-corrected chi connectivity index (χ3v) is 4.46. The van der Waals surface area contributed by atoms with Crippen molar-refractivity contribution in [2.45, 2.75) is 18.9 Å². The van der Waals surface area contributed by atoms with Crippen LogP contribution < -0.4 is 5.32 Å². The number of amides is 1. The molecule has 8 heteroatoms. The standard InChI is InChI=1S/C10H8Cl5NOS/c11-7(12)8(17)16-9(10(13,14)15)18-6-4-2-1-3-5-6/h1-5,7,9H,(H,16,17)/t9-/m1/s1. The van der Waals surface area contributed by atoms with Gasteiger partial charge in [0.05, 0.1) is 0 Å². The number of nitrogens with one attached hydrogen (secondary N) is 1. The quantitative estimate of drug-likeness (QED) is 0.486. The first-order chi connectivity index (χ1) is 8.30. The third kappa shape index (κ3) is 5.64. The first kappa shape index (κ1) is 16.5.